The van der Waals surface area contributed by atoms with Crippen LogP contribution in [0, 0.1) is 5.92 Å². The zero-order valence-corrected chi connectivity index (χ0v) is 18.6. The van der Waals surface area contributed by atoms with Gasteiger partial charge in [-0.15, -0.1) is 24.0 Å². The zero-order valence-electron chi connectivity index (χ0n) is 14.7. The first-order valence-electron chi connectivity index (χ1n) is 8.33. The van der Waals surface area contributed by atoms with Crippen LogP contribution in [0.1, 0.15) is 0 Å². The number of halogens is 2. The second kappa shape index (κ2) is 8.94. The number of sulfonamides is 1. The van der Waals surface area contributed by atoms with Gasteiger partial charge in [0.1, 0.15) is 0 Å². The van der Waals surface area contributed by atoms with Gasteiger partial charge in [0.2, 0.25) is 10.0 Å². The highest BCUT2D eigenvalue weighted by molar-refractivity contribution is 14.0. The number of guanidine groups is 1. The van der Waals surface area contributed by atoms with E-state index in [4.69, 9.17) is 17.3 Å². The Morgan fingerprint density at radius 3 is 2.31 bits per heavy atom. The second-order valence-electron chi connectivity index (χ2n) is 6.60. The summed E-state index contributed by atoms with van der Waals surface area (Å²) >= 11 is 5.93. The van der Waals surface area contributed by atoms with Crippen molar-refractivity contribution in [2.24, 2.45) is 16.6 Å². The van der Waals surface area contributed by atoms with Crippen molar-refractivity contribution in [3.63, 3.8) is 0 Å². The third-order valence-corrected chi connectivity index (χ3v) is 6.19. The number of anilines is 1. The first-order valence-corrected chi connectivity index (χ1v) is 10.6. The molecule has 0 aromatic heterocycles. The Hall–Kier alpha value is -0.780. The van der Waals surface area contributed by atoms with Gasteiger partial charge < -0.3 is 15.5 Å². The van der Waals surface area contributed by atoms with Gasteiger partial charge in [0, 0.05) is 62.4 Å². The molecule has 0 amide bonds. The molecule has 146 valence electrons. The summed E-state index contributed by atoms with van der Waals surface area (Å²) in [5.41, 5.74) is 7.27. The third kappa shape index (κ3) is 5.37. The van der Waals surface area contributed by atoms with Gasteiger partial charge in [-0.3, -0.25) is 4.99 Å². The maximum atomic E-state index is 11.4. The van der Waals surface area contributed by atoms with Crippen molar-refractivity contribution in [3.8, 4) is 0 Å². The van der Waals surface area contributed by atoms with E-state index >= 15 is 0 Å². The molecule has 10 heteroatoms. The predicted octanol–water partition coefficient (Wildman–Crippen LogP) is 1.29. The fraction of sp³-hybridized carbons (Fsp3) is 0.562. The lowest BCUT2D eigenvalue weighted by Crippen LogP contribution is -2.52. The van der Waals surface area contributed by atoms with E-state index in [0.717, 1.165) is 36.9 Å². The van der Waals surface area contributed by atoms with E-state index in [2.05, 4.69) is 14.8 Å². The minimum atomic E-state index is -3.06. The van der Waals surface area contributed by atoms with Crippen molar-refractivity contribution >= 4 is 57.2 Å². The molecule has 2 fully saturated rings. The largest absolute Gasteiger partial charge is 0.370 e. The summed E-state index contributed by atoms with van der Waals surface area (Å²) in [6, 6.07) is 7.86. The van der Waals surface area contributed by atoms with E-state index in [1.165, 1.54) is 10.6 Å². The van der Waals surface area contributed by atoms with Gasteiger partial charge in [-0.1, -0.05) is 11.6 Å². The molecule has 0 aliphatic carbocycles. The molecule has 1 aromatic rings. The molecule has 1 aromatic carbocycles. The number of aliphatic imine (C=N–C) groups is 1. The Balaban J connectivity index is 0.00000243. The second-order valence-corrected chi connectivity index (χ2v) is 9.01. The highest BCUT2D eigenvalue weighted by Gasteiger charge is 2.32. The van der Waals surface area contributed by atoms with Crippen molar-refractivity contribution in [2.75, 3.05) is 57.0 Å². The van der Waals surface area contributed by atoms with Crippen LogP contribution in [0.2, 0.25) is 5.02 Å². The van der Waals surface area contributed by atoms with Gasteiger partial charge in [-0.25, -0.2) is 12.7 Å². The lowest BCUT2D eigenvalue weighted by molar-refractivity contribution is 0.208. The van der Waals surface area contributed by atoms with Crippen LogP contribution in [0.15, 0.2) is 29.3 Å². The summed E-state index contributed by atoms with van der Waals surface area (Å²) in [5.74, 6) is 0.817. The molecule has 0 atom stereocenters. The van der Waals surface area contributed by atoms with Crippen LogP contribution in [0.25, 0.3) is 0 Å². The normalized spacial score (nSPS) is 19.8. The Morgan fingerprint density at radius 2 is 1.77 bits per heavy atom. The summed E-state index contributed by atoms with van der Waals surface area (Å²) < 4.78 is 24.2. The number of benzene rings is 1. The smallest absolute Gasteiger partial charge is 0.211 e. The van der Waals surface area contributed by atoms with Crippen LogP contribution in [0.5, 0.6) is 0 Å². The van der Waals surface area contributed by atoms with E-state index < -0.39 is 10.0 Å². The van der Waals surface area contributed by atoms with E-state index in [0.29, 0.717) is 25.6 Å². The maximum absolute atomic E-state index is 11.4. The van der Waals surface area contributed by atoms with Crippen LogP contribution in [-0.2, 0) is 10.0 Å². The van der Waals surface area contributed by atoms with Gasteiger partial charge in [-0.2, -0.15) is 0 Å². The van der Waals surface area contributed by atoms with Gasteiger partial charge in [0.15, 0.2) is 5.96 Å². The highest BCUT2D eigenvalue weighted by atomic mass is 127. The summed E-state index contributed by atoms with van der Waals surface area (Å²) in [7, 11) is -3.06. The molecule has 2 aliphatic heterocycles. The molecule has 0 saturated carbocycles. The molecule has 2 N–H and O–H groups in total. The van der Waals surface area contributed by atoms with E-state index in [-0.39, 0.29) is 29.9 Å². The van der Waals surface area contributed by atoms with Crippen molar-refractivity contribution in [3.05, 3.63) is 29.3 Å². The summed E-state index contributed by atoms with van der Waals surface area (Å²) in [5, 5.41) is 0.740. The fourth-order valence-corrected chi connectivity index (χ4v) is 4.17. The predicted molar refractivity (Wildman–Crippen MR) is 117 cm³/mol. The summed E-state index contributed by atoms with van der Waals surface area (Å²) in [6.45, 7) is 5.05. The van der Waals surface area contributed by atoms with Gasteiger partial charge in [-0.05, 0) is 24.3 Å². The molecule has 0 unspecified atom stereocenters. The fourth-order valence-electron chi connectivity index (χ4n) is 3.08. The topological polar surface area (TPSA) is 82.2 Å². The highest BCUT2D eigenvalue weighted by Crippen LogP contribution is 2.20. The molecule has 0 spiro atoms. The Morgan fingerprint density at radius 1 is 1.19 bits per heavy atom. The van der Waals surface area contributed by atoms with Crippen molar-refractivity contribution < 1.29 is 8.42 Å². The number of rotatable bonds is 4. The molecule has 2 heterocycles. The van der Waals surface area contributed by atoms with Crippen molar-refractivity contribution in [1.29, 1.82) is 0 Å². The molecule has 7 nitrogen and oxygen atoms in total. The third-order valence-electron chi connectivity index (χ3n) is 4.70. The number of piperazine rings is 1. The quantitative estimate of drug-likeness (QED) is 0.373. The molecule has 0 bridgehead atoms. The molecule has 2 aliphatic rings. The number of hydrogen-bond donors (Lipinski definition) is 1. The average molecular weight is 514 g/mol. The Bertz CT molecular complexity index is 730. The Labute approximate surface area is 177 Å². The number of nitrogens with two attached hydrogens (primary N) is 1. The lowest BCUT2D eigenvalue weighted by Gasteiger charge is -2.38. The van der Waals surface area contributed by atoms with E-state index in [9.17, 15) is 8.42 Å². The molecular weight excluding hydrogens is 489 g/mol. The summed E-state index contributed by atoms with van der Waals surface area (Å²) in [6.07, 6.45) is 1.24. The number of hydrogen-bond acceptors (Lipinski definition) is 4. The maximum Gasteiger partial charge on any atom is 0.211 e. The van der Waals surface area contributed by atoms with Crippen LogP contribution in [-0.4, -0.2) is 75.7 Å². The molecule has 0 radical (unpaired) electrons. The van der Waals surface area contributed by atoms with Gasteiger partial charge in [0.05, 0.1) is 6.26 Å². The lowest BCUT2D eigenvalue weighted by atomic mass is 10.0. The zero-order chi connectivity index (χ0) is 18.0. The first kappa shape index (κ1) is 21.5. The van der Waals surface area contributed by atoms with Crippen LogP contribution >= 0.6 is 35.6 Å². The van der Waals surface area contributed by atoms with E-state index in [1.54, 1.807) is 0 Å². The van der Waals surface area contributed by atoms with Crippen LogP contribution in [0.4, 0.5) is 5.69 Å². The molecular formula is C16H25ClIN5O2S. The van der Waals surface area contributed by atoms with Crippen LogP contribution in [0.3, 0.4) is 0 Å². The molecule has 26 heavy (non-hydrogen) atoms. The monoisotopic (exact) mass is 513 g/mol. The van der Waals surface area contributed by atoms with Crippen LogP contribution < -0.4 is 10.6 Å². The van der Waals surface area contributed by atoms with E-state index in [1.807, 2.05) is 24.3 Å². The van der Waals surface area contributed by atoms with Gasteiger partial charge in [0.25, 0.3) is 0 Å². The molecule has 2 saturated heterocycles. The minimum Gasteiger partial charge on any atom is -0.370 e. The standard InChI is InChI=1S/C16H24ClN5O2S.HI/c1-25(23,24)22-11-13(12-22)10-19-16(18)21-8-6-20(7-9-21)15-4-2-14(17)3-5-15;/h2-5,13H,6-12H2,1H3,(H2,18,19);1H. The SMILES string of the molecule is CS(=O)(=O)N1CC(CN=C(N)N2CCN(c3ccc(Cl)cc3)CC2)C1.I. The van der Waals surface area contributed by atoms with Crippen molar-refractivity contribution in [2.45, 2.75) is 0 Å². The summed E-state index contributed by atoms with van der Waals surface area (Å²) in [4.78, 5) is 8.84. The average Bonchev–Trinajstić information content (AvgIpc) is 2.53. The number of nitrogens with zero attached hydrogens (tertiary/aromatic N) is 4. The first-order chi connectivity index (χ1) is 11.8. The van der Waals surface area contributed by atoms with Gasteiger partial charge >= 0.3 is 0 Å². The Kier molecular flexibility index (Phi) is 7.40. The minimum absolute atomic E-state index is 0. The van der Waals surface area contributed by atoms with Crippen molar-refractivity contribution in [1.82, 2.24) is 9.21 Å². The molecule has 3 rings (SSSR count).